The molecule has 3 rings (SSSR count). The molecule has 1 aromatic carbocycles. The second kappa shape index (κ2) is 7.29. The highest BCUT2D eigenvalue weighted by molar-refractivity contribution is 7.07. The number of nitrogens with zero attached hydrogens (tertiary/aromatic N) is 1. The minimum absolute atomic E-state index is 0.250. The van der Waals surface area contributed by atoms with Gasteiger partial charge >= 0.3 is 11.9 Å². The molecule has 1 heterocycles. The summed E-state index contributed by atoms with van der Waals surface area (Å²) in [5, 5.41) is 1.94. The summed E-state index contributed by atoms with van der Waals surface area (Å²) in [7, 11) is 4.18. The van der Waals surface area contributed by atoms with E-state index in [2.05, 4.69) is 4.99 Å². The van der Waals surface area contributed by atoms with E-state index in [0.29, 0.717) is 0 Å². The highest BCUT2D eigenvalue weighted by Gasteiger charge is 2.52. The average Bonchev–Trinajstić information content (AvgIpc) is 3.07. The SMILES string of the molecule is COC(=O)C1(C(=O)OC)Cc2csc(=Nc3ccc(OC)cc3)cc2C1. The molecule has 0 unspecified atom stereocenters. The van der Waals surface area contributed by atoms with Crippen LogP contribution in [0.15, 0.2) is 40.7 Å². The Balaban J connectivity index is 1.95. The normalized spacial score (nSPS) is 15.3. The fraction of sp³-hybridized carbons (Fsp3) is 0.316. The number of hydrogen-bond acceptors (Lipinski definition) is 7. The lowest BCUT2D eigenvalue weighted by atomic mass is 9.85. The maximum Gasteiger partial charge on any atom is 0.323 e. The number of hydrogen-bond donors (Lipinski definition) is 0. The Kier molecular flexibility index (Phi) is 5.08. The summed E-state index contributed by atoms with van der Waals surface area (Å²) >= 11 is 1.46. The predicted molar refractivity (Wildman–Crippen MR) is 96.4 cm³/mol. The van der Waals surface area contributed by atoms with Crippen LogP contribution >= 0.6 is 11.3 Å². The first-order chi connectivity index (χ1) is 12.5. The van der Waals surface area contributed by atoms with Gasteiger partial charge in [-0.15, -0.1) is 11.3 Å². The van der Waals surface area contributed by atoms with Gasteiger partial charge in [0.1, 0.15) is 10.4 Å². The van der Waals surface area contributed by atoms with E-state index in [1.54, 1.807) is 7.11 Å². The van der Waals surface area contributed by atoms with E-state index in [4.69, 9.17) is 14.2 Å². The molecule has 1 aromatic heterocycles. The van der Waals surface area contributed by atoms with E-state index < -0.39 is 17.4 Å². The Labute approximate surface area is 155 Å². The van der Waals surface area contributed by atoms with Crippen molar-refractivity contribution in [3.8, 4) is 5.75 Å². The molecule has 26 heavy (non-hydrogen) atoms. The number of carbonyl (C=O) groups is 2. The van der Waals surface area contributed by atoms with E-state index in [1.165, 1.54) is 25.6 Å². The van der Waals surface area contributed by atoms with Crippen LogP contribution in [0, 0.1) is 5.41 Å². The monoisotopic (exact) mass is 373 g/mol. The second-order valence-electron chi connectivity index (χ2n) is 6.00. The number of ether oxygens (including phenoxy) is 3. The number of methoxy groups -OCH3 is 3. The molecule has 2 aromatic rings. The molecule has 0 amide bonds. The first kappa shape index (κ1) is 18.1. The molecule has 7 heteroatoms. The van der Waals surface area contributed by atoms with Gasteiger partial charge in [-0.1, -0.05) is 0 Å². The zero-order valence-electron chi connectivity index (χ0n) is 14.8. The molecule has 0 aliphatic heterocycles. The summed E-state index contributed by atoms with van der Waals surface area (Å²) in [5.74, 6) is -0.374. The molecule has 136 valence electrons. The lowest BCUT2D eigenvalue weighted by molar-refractivity contribution is -0.168. The highest BCUT2D eigenvalue weighted by Crippen LogP contribution is 2.39. The Morgan fingerprint density at radius 1 is 1.00 bits per heavy atom. The summed E-state index contributed by atoms with van der Waals surface area (Å²) < 4.78 is 15.7. The molecule has 0 bridgehead atoms. The lowest BCUT2D eigenvalue weighted by Gasteiger charge is -2.22. The van der Waals surface area contributed by atoms with Crippen molar-refractivity contribution in [2.24, 2.45) is 10.4 Å². The average molecular weight is 373 g/mol. The number of fused-ring (bicyclic) bond motifs is 1. The molecular weight excluding hydrogens is 354 g/mol. The van der Waals surface area contributed by atoms with Crippen molar-refractivity contribution >= 4 is 29.0 Å². The zero-order chi connectivity index (χ0) is 18.7. The van der Waals surface area contributed by atoms with E-state index >= 15 is 0 Å². The zero-order valence-corrected chi connectivity index (χ0v) is 15.6. The van der Waals surface area contributed by atoms with Crippen LogP contribution in [0.25, 0.3) is 0 Å². The summed E-state index contributed by atoms with van der Waals surface area (Å²) in [5.41, 5.74) is 1.34. The van der Waals surface area contributed by atoms with Crippen LogP contribution in [-0.4, -0.2) is 33.3 Å². The third kappa shape index (κ3) is 3.22. The minimum Gasteiger partial charge on any atom is -0.497 e. The number of benzene rings is 1. The number of rotatable bonds is 4. The van der Waals surface area contributed by atoms with Gasteiger partial charge in [0.25, 0.3) is 0 Å². The van der Waals surface area contributed by atoms with Crippen LogP contribution < -0.4 is 9.41 Å². The summed E-state index contributed by atoms with van der Waals surface area (Å²) in [6.45, 7) is 0. The topological polar surface area (TPSA) is 74.2 Å². The number of esters is 2. The molecule has 6 nitrogen and oxygen atoms in total. The molecule has 1 aliphatic rings. The third-order valence-corrected chi connectivity index (χ3v) is 5.33. The van der Waals surface area contributed by atoms with E-state index in [-0.39, 0.29) is 12.8 Å². The quantitative estimate of drug-likeness (QED) is 0.608. The minimum atomic E-state index is -1.31. The van der Waals surface area contributed by atoms with Crippen molar-refractivity contribution in [3.05, 3.63) is 51.5 Å². The fourth-order valence-electron chi connectivity index (χ4n) is 3.12. The molecular formula is C19H19NO5S. The van der Waals surface area contributed by atoms with Gasteiger partial charge < -0.3 is 14.2 Å². The van der Waals surface area contributed by atoms with Crippen molar-refractivity contribution in [2.45, 2.75) is 12.8 Å². The fourth-order valence-corrected chi connectivity index (χ4v) is 3.99. The summed E-state index contributed by atoms with van der Waals surface area (Å²) in [4.78, 5) is 29.2. The van der Waals surface area contributed by atoms with Crippen LogP contribution in [0.1, 0.15) is 11.1 Å². The highest BCUT2D eigenvalue weighted by atomic mass is 32.1. The van der Waals surface area contributed by atoms with E-state index in [1.807, 2.05) is 35.7 Å². The van der Waals surface area contributed by atoms with Crippen molar-refractivity contribution in [3.63, 3.8) is 0 Å². The van der Waals surface area contributed by atoms with Crippen LogP contribution in [0.4, 0.5) is 5.69 Å². The van der Waals surface area contributed by atoms with Crippen molar-refractivity contribution < 1.29 is 23.8 Å². The van der Waals surface area contributed by atoms with Gasteiger partial charge in [0.2, 0.25) is 0 Å². The Morgan fingerprint density at radius 3 is 2.19 bits per heavy atom. The van der Waals surface area contributed by atoms with Gasteiger partial charge in [-0.2, -0.15) is 0 Å². The van der Waals surface area contributed by atoms with Crippen molar-refractivity contribution in [2.75, 3.05) is 21.3 Å². The molecule has 0 N–H and O–H groups in total. The lowest BCUT2D eigenvalue weighted by Crippen LogP contribution is -2.42. The number of carbonyl (C=O) groups excluding carboxylic acids is 2. The molecule has 0 radical (unpaired) electrons. The molecule has 0 spiro atoms. The maximum atomic E-state index is 12.3. The van der Waals surface area contributed by atoms with Crippen LogP contribution in [0.2, 0.25) is 0 Å². The van der Waals surface area contributed by atoms with Gasteiger partial charge in [-0.3, -0.25) is 9.59 Å². The standard InChI is InChI=1S/C19H19NO5S/c1-23-15-6-4-14(5-7-15)20-16-8-12-9-19(17(21)24-2,18(22)25-3)10-13(12)11-26-16/h4-8,11H,9-10H2,1-3H3. The van der Waals surface area contributed by atoms with Gasteiger partial charge in [-0.25, -0.2) is 4.99 Å². The van der Waals surface area contributed by atoms with Crippen LogP contribution in [-0.2, 0) is 31.9 Å². The summed E-state index contributed by atoms with van der Waals surface area (Å²) in [6, 6.07) is 9.34. The molecule has 0 saturated heterocycles. The first-order valence-corrected chi connectivity index (χ1v) is 8.86. The Morgan fingerprint density at radius 2 is 1.62 bits per heavy atom. The first-order valence-electron chi connectivity index (χ1n) is 7.98. The second-order valence-corrected chi connectivity index (χ2v) is 6.89. The smallest absolute Gasteiger partial charge is 0.323 e. The Bertz CT molecular complexity index is 885. The van der Waals surface area contributed by atoms with Gasteiger partial charge in [-0.05, 0) is 53.3 Å². The van der Waals surface area contributed by atoms with Gasteiger partial charge in [0, 0.05) is 6.42 Å². The molecule has 0 fully saturated rings. The Hall–Kier alpha value is -2.67. The molecule has 0 atom stereocenters. The summed E-state index contributed by atoms with van der Waals surface area (Å²) in [6.07, 6.45) is 0.529. The molecule has 1 aliphatic carbocycles. The predicted octanol–water partition coefficient (Wildman–Crippen LogP) is 2.42. The van der Waals surface area contributed by atoms with Crippen molar-refractivity contribution in [1.29, 1.82) is 0 Å². The third-order valence-electron chi connectivity index (χ3n) is 4.48. The van der Waals surface area contributed by atoms with Gasteiger partial charge in [0.15, 0.2) is 5.41 Å². The maximum absolute atomic E-state index is 12.3. The largest absolute Gasteiger partial charge is 0.497 e. The van der Waals surface area contributed by atoms with Crippen LogP contribution in [0.5, 0.6) is 5.75 Å². The van der Waals surface area contributed by atoms with Gasteiger partial charge in [0.05, 0.1) is 27.0 Å². The molecule has 0 saturated carbocycles. The van der Waals surface area contributed by atoms with E-state index in [0.717, 1.165) is 27.2 Å². The van der Waals surface area contributed by atoms with Crippen LogP contribution in [0.3, 0.4) is 0 Å². The van der Waals surface area contributed by atoms with E-state index in [9.17, 15) is 9.59 Å². The van der Waals surface area contributed by atoms with Crippen molar-refractivity contribution in [1.82, 2.24) is 0 Å².